The maximum absolute atomic E-state index is 12.8. The first-order valence-electron chi connectivity index (χ1n) is 8.88. The Balaban J connectivity index is 2.18. The zero-order valence-electron chi connectivity index (χ0n) is 15.0. The molecule has 130 valence electrons. The van der Waals surface area contributed by atoms with Gasteiger partial charge in [-0.05, 0) is 42.6 Å². The summed E-state index contributed by atoms with van der Waals surface area (Å²) in [6, 6.07) is 4.36. The lowest BCUT2D eigenvalue weighted by Crippen LogP contribution is -2.58. The van der Waals surface area contributed by atoms with Crippen LogP contribution in [0.2, 0.25) is 0 Å². The number of ketones is 1. The average Bonchev–Trinajstić information content (AvgIpc) is 2.58. The van der Waals surface area contributed by atoms with Crippen molar-refractivity contribution in [2.75, 3.05) is 0 Å². The summed E-state index contributed by atoms with van der Waals surface area (Å²) >= 11 is 0. The fourth-order valence-corrected chi connectivity index (χ4v) is 5.91. The standard InChI is InChI=1S/C21H24N2O2/c1-5-21-7-6-16-19(2,3)18(25)14(12-23)9-20(16,4)17(21)8-15(24)13(10-21)11-22/h1,8,13-16,24H,6-7,9-10H2,2-4H3. The maximum Gasteiger partial charge on any atom is 0.155 e. The Kier molecular flexibility index (Phi) is 3.87. The topological polar surface area (TPSA) is 84.9 Å². The number of allylic oxidation sites excluding steroid dienone is 1. The third-order valence-electron chi connectivity index (χ3n) is 7.13. The molecule has 0 aromatic carbocycles. The van der Waals surface area contributed by atoms with E-state index < -0.39 is 34.2 Å². The van der Waals surface area contributed by atoms with Crippen LogP contribution in [0.25, 0.3) is 0 Å². The van der Waals surface area contributed by atoms with Crippen LogP contribution in [0.5, 0.6) is 0 Å². The van der Waals surface area contributed by atoms with E-state index in [-0.39, 0.29) is 11.7 Å². The molecule has 0 bridgehead atoms. The van der Waals surface area contributed by atoms with Gasteiger partial charge in [-0.3, -0.25) is 4.79 Å². The fraction of sp³-hybridized carbons (Fsp3) is 0.667. The molecule has 0 heterocycles. The molecule has 2 saturated carbocycles. The van der Waals surface area contributed by atoms with Crippen molar-refractivity contribution >= 4 is 5.78 Å². The minimum atomic E-state index is -0.849. The quantitative estimate of drug-likeness (QED) is 0.544. The molecule has 4 heteroatoms. The first-order valence-corrected chi connectivity index (χ1v) is 8.88. The van der Waals surface area contributed by atoms with E-state index in [1.54, 1.807) is 6.08 Å². The fourth-order valence-electron chi connectivity index (χ4n) is 5.91. The second kappa shape index (κ2) is 5.45. The van der Waals surface area contributed by atoms with E-state index in [2.05, 4.69) is 25.0 Å². The minimum absolute atomic E-state index is 0.0116. The Morgan fingerprint density at radius 3 is 2.48 bits per heavy atom. The van der Waals surface area contributed by atoms with E-state index in [9.17, 15) is 20.4 Å². The lowest BCUT2D eigenvalue weighted by Gasteiger charge is -2.60. The van der Waals surface area contributed by atoms with Gasteiger partial charge in [-0.1, -0.05) is 32.8 Å². The van der Waals surface area contributed by atoms with Crippen LogP contribution in [0.15, 0.2) is 11.6 Å². The number of hydrogen-bond acceptors (Lipinski definition) is 4. The van der Waals surface area contributed by atoms with Crippen LogP contribution in [-0.2, 0) is 4.79 Å². The molecule has 0 aromatic rings. The summed E-state index contributed by atoms with van der Waals surface area (Å²) in [5.74, 6) is 1.86. The Hall–Kier alpha value is -2.09. The number of aliphatic hydroxyl groups excluding tert-OH is 1. The molecule has 0 aliphatic heterocycles. The van der Waals surface area contributed by atoms with Crippen molar-refractivity contribution < 1.29 is 9.90 Å². The van der Waals surface area contributed by atoms with Gasteiger partial charge in [-0.25, -0.2) is 0 Å². The number of carbonyl (C=O) groups excluding carboxylic acids is 1. The Labute approximate surface area is 149 Å². The van der Waals surface area contributed by atoms with E-state index in [0.717, 1.165) is 12.0 Å². The van der Waals surface area contributed by atoms with Gasteiger partial charge in [0.05, 0.1) is 29.6 Å². The predicted octanol–water partition coefficient (Wildman–Crippen LogP) is 2.99. The highest BCUT2D eigenvalue weighted by Gasteiger charge is 2.62. The van der Waals surface area contributed by atoms with Crippen LogP contribution in [0.1, 0.15) is 46.5 Å². The summed E-state index contributed by atoms with van der Waals surface area (Å²) in [5.41, 5.74) is -0.601. The third kappa shape index (κ3) is 2.19. The monoisotopic (exact) mass is 336 g/mol. The average molecular weight is 336 g/mol. The van der Waals surface area contributed by atoms with Crippen molar-refractivity contribution in [1.82, 2.24) is 0 Å². The number of nitrogens with zero attached hydrogens (tertiary/aromatic N) is 2. The number of aliphatic hydroxyl groups is 1. The summed E-state index contributed by atoms with van der Waals surface area (Å²) < 4.78 is 0. The van der Waals surface area contributed by atoms with E-state index in [1.807, 2.05) is 13.8 Å². The minimum Gasteiger partial charge on any atom is -0.388 e. The number of fused-ring (bicyclic) bond motifs is 3. The lowest BCUT2D eigenvalue weighted by molar-refractivity contribution is -0.145. The molecule has 0 amide bonds. The van der Waals surface area contributed by atoms with Crippen molar-refractivity contribution in [2.45, 2.75) is 52.6 Å². The zero-order valence-corrected chi connectivity index (χ0v) is 15.0. The van der Waals surface area contributed by atoms with E-state index in [1.165, 1.54) is 0 Å². The van der Waals surface area contributed by atoms with Gasteiger partial charge in [0, 0.05) is 5.41 Å². The van der Waals surface area contributed by atoms with E-state index in [4.69, 9.17) is 6.42 Å². The van der Waals surface area contributed by atoms with Gasteiger partial charge in [-0.2, -0.15) is 10.5 Å². The smallest absolute Gasteiger partial charge is 0.155 e. The normalized spacial score (nSPS) is 45.0. The van der Waals surface area contributed by atoms with Crippen molar-refractivity contribution in [1.29, 1.82) is 10.5 Å². The predicted molar refractivity (Wildman–Crippen MR) is 92.4 cm³/mol. The van der Waals surface area contributed by atoms with Gasteiger partial charge >= 0.3 is 0 Å². The molecule has 0 spiro atoms. The summed E-state index contributed by atoms with van der Waals surface area (Å²) in [5, 5.41) is 29.3. The molecule has 25 heavy (non-hydrogen) atoms. The Morgan fingerprint density at radius 1 is 1.24 bits per heavy atom. The lowest BCUT2D eigenvalue weighted by atomic mass is 9.42. The van der Waals surface area contributed by atoms with Gasteiger partial charge in [-0.15, -0.1) is 6.42 Å². The number of terminal acetylenes is 1. The molecular weight excluding hydrogens is 312 g/mol. The Bertz CT molecular complexity index is 775. The van der Waals surface area contributed by atoms with Crippen LogP contribution in [0.4, 0.5) is 0 Å². The number of hydrogen-bond donors (Lipinski definition) is 1. The molecule has 1 N–H and O–H groups in total. The van der Waals surface area contributed by atoms with Crippen LogP contribution in [0.3, 0.4) is 0 Å². The van der Waals surface area contributed by atoms with Gasteiger partial charge in [0.25, 0.3) is 0 Å². The van der Waals surface area contributed by atoms with Gasteiger partial charge in [0.2, 0.25) is 0 Å². The second-order valence-electron chi connectivity index (χ2n) is 8.72. The third-order valence-corrected chi connectivity index (χ3v) is 7.13. The summed E-state index contributed by atoms with van der Waals surface area (Å²) in [6.45, 7) is 5.96. The number of rotatable bonds is 0. The molecule has 6 unspecified atom stereocenters. The summed E-state index contributed by atoms with van der Waals surface area (Å²) in [7, 11) is 0. The Morgan fingerprint density at radius 2 is 1.92 bits per heavy atom. The zero-order chi connectivity index (χ0) is 18.6. The van der Waals surface area contributed by atoms with Gasteiger partial charge < -0.3 is 5.11 Å². The largest absolute Gasteiger partial charge is 0.388 e. The molecule has 3 aliphatic carbocycles. The van der Waals surface area contributed by atoms with Crippen molar-refractivity contribution in [3.05, 3.63) is 11.6 Å². The van der Waals surface area contributed by atoms with Crippen molar-refractivity contribution in [3.63, 3.8) is 0 Å². The summed E-state index contributed by atoms with van der Waals surface area (Å²) in [6.07, 6.45) is 9.26. The SMILES string of the molecule is C#CC12CCC3C(C)(C)C(=O)C(C#N)CC3(C)C1=CC(O)C(C#N)C2. The molecular formula is C21H24N2O2. The molecule has 3 rings (SSSR count). The first kappa shape index (κ1) is 17.7. The first-order chi connectivity index (χ1) is 11.7. The number of nitriles is 2. The highest BCUT2D eigenvalue weighted by atomic mass is 16.3. The highest BCUT2D eigenvalue weighted by Crippen LogP contribution is 2.66. The molecule has 4 nitrogen and oxygen atoms in total. The highest BCUT2D eigenvalue weighted by molar-refractivity contribution is 5.90. The van der Waals surface area contributed by atoms with Crippen molar-refractivity contribution in [3.8, 4) is 24.5 Å². The molecule has 2 fully saturated rings. The van der Waals surface area contributed by atoms with Gasteiger partial charge in [0.1, 0.15) is 5.92 Å². The molecule has 0 aromatic heterocycles. The second-order valence-corrected chi connectivity index (χ2v) is 8.72. The molecule has 6 atom stereocenters. The van der Waals surface area contributed by atoms with Crippen LogP contribution < -0.4 is 0 Å². The maximum atomic E-state index is 12.8. The van der Waals surface area contributed by atoms with Gasteiger partial charge in [0.15, 0.2) is 5.78 Å². The van der Waals surface area contributed by atoms with Crippen LogP contribution >= 0.6 is 0 Å². The van der Waals surface area contributed by atoms with Crippen LogP contribution in [0, 0.1) is 69.0 Å². The summed E-state index contributed by atoms with van der Waals surface area (Å²) in [4.78, 5) is 12.8. The van der Waals surface area contributed by atoms with E-state index >= 15 is 0 Å². The molecule has 3 aliphatic rings. The number of Topliss-reactive ketones (excluding diaryl/α,β-unsaturated/α-hetero) is 1. The van der Waals surface area contributed by atoms with Crippen LogP contribution in [-0.4, -0.2) is 17.0 Å². The van der Waals surface area contributed by atoms with Crippen molar-refractivity contribution in [2.24, 2.45) is 34.0 Å². The molecule has 0 radical (unpaired) electrons. The van der Waals surface area contributed by atoms with E-state index in [0.29, 0.717) is 19.3 Å². The molecule has 0 saturated heterocycles. The number of carbonyl (C=O) groups is 1.